The van der Waals surface area contributed by atoms with Crippen LogP contribution < -0.4 is 20.8 Å². The van der Waals surface area contributed by atoms with E-state index in [1.165, 1.54) is 0 Å². The Bertz CT molecular complexity index is 1130. The van der Waals surface area contributed by atoms with E-state index in [4.69, 9.17) is 16.2 Å². The summed E-state index contributed by atoms with van der Waals surface area (Å²) in [6.45, 7) is 1.05. The van der Waals surface area contributed by atoms with Crippen molar-refractivity contribution >= 4 is 33.7 Å². The smallest absolute Gasteiger partial charge is 0.356 e. The van der Waals surface area contributed by atoms with Crippen molar-refractivity contribution in [2.75, 3.05) is 12.3 Å². The molecule has 0 spiro atoms. The second-order valence-electron chi connectivity index (χ2n) is 6.38. The van der Waals surface area contributed by atoms with Gasteiger partial charge >= 0.3 is 5.95 Å². The Balaban J connectivity index is 1.60. The van der Waals surface area contributed by atoms with Crippen molar-refractivity contribution < 1.29 is 14.1 Å². The number of aromatic nitrogens is 2. The summed E-state index contributed by atoms with van der Waals surface area (Å²) in [4.78, 5) is 11.4. The molecule has 136 valence electrons. The standard InChI is InChI=1S/C21H20N4O2/c22-20(26)14-25-18-10-4-3-9-17(18)24(21(25)23)12-13-27-19-11-5-7-15-6-1-2-8-16(15)19/h1-11,23H,12-14H2,(H2,22,26)/p+1. The number of benzene rings is 3. The number of fused-ring (bicyclic) bond motifs is 2. The minimum atomic E-state index is -0.429. The van der Waals surface area contributed by atoms with Gasteiger partial charge in [0.25, 0.3) is 5.91 Å². The molecule has 0 radical (unpaired) electrons. The fourth-order valence-corrected chi connectivity index (χ4v) is 3.44. The van der Waals surface area contributed by atoms with E-state index < -0.39 is 5.91 Å². The van der Waals surface area contributed by atoms with Gasteiger partial charge in [-0.3, -0.25) is 10.5 Å². The number of nitrogens with zero attached hydrogens (tertiary/aromatic N) is 2. The molecule has 4 rings (SSSR count). The third-order valence-corrected chi connectivity index (χ3v) is 4.65. The van der Waals surface area contributed by atoms with Crippen LogP contribution in [0, 0.1) is 0 Å². The molecule has 4 aromatic rings. The highest BCUT2D eigenvalue weighted by molar-refractivity contribution is 5.88. The molecule has 1 heterocycles. The number of nitrogens with two attached hydrogens (primary N) is 2. The summed E-state index contributed by atoms with van der Waals surface area (Å²) in [5.74, 6) is 0.895. The van der Waals surface area contributed by atoms with Gasteiger partial charge in [-0.15, -0.1) is 0 Å². The third kappa shape index (κ3) is 3.17. The van der Waals surface area contributed by atoms with Crippen molar-refractivity contribution in [3.63, 3.8) is 0 Å². The average molecular weight is 361 g/mol. The van der Waals surface area contributed by atoms with Crippen LogP contribution in [0.15, 0.2) is 66.7 Å². The fraction of sp³-hybridized carbons (Fsp3) is 0.143. The van der Waals surface area contributed by atoms with Crippen LogP contribution in [0.2, 0.25) is 0 Å². The maximum absolute atomic E-state index is 11.4. The first-order valence-corrected chi connectivity index (χ1v) is 8.80. The van der Waals surface area contributed by atoms with E-state index in [1.54, 1.807) is 4.57 Å². The van der Waals surface area contributed by atoms with Gasteiger partial charge in [-0.1, -0.05) is 48.5 Å². The van der Waals surface area contributed by atoms with E-state index in [2.05, 4.69) is 12.1 Å². The second kappa shape index (κ2) is 6.99. The predicted molar refractivity (Wildman–Crippen MR) is 105 cm³/mol. The summed E-state index contributed by atoms with van der Waals surface area (Å²) in [6, 6.07) is 21.9. The first-order chi connectivity index (χ1) is 13.1. The molecule has 1 amide bonds. The van der Waals surface area contributed by atoms with Crippen LogP contribution in [0.25, 0.3) is 21.8 Å². The van der Waals surface area contributed by atoms with Crippen LogP contribution in [-0.4, -0.2) is 17.1 Å². The molecule has 0 aliphatic heterocycles. The quantitative estimate of drug-likeness (QED) is 0.516. The van der Waals surface area contributed by atoms with Crippen LogP contribution in [0.3, 0.4) is 0 Å². The van der Waals surface area contributed by atoms with Gasteiger partial charge in [0.05, 0.1) is 0 Å². The molecule has 6 heteroatoms. The van der Waals surface area contributed by atoms with Crippen molar-refractivity contribution in [1.29, 1.82) is 0 Å². The van der Waals surface area contributed by atoms with Gasteiger partial charge in [-0.2, -0.15) is 0 Å². The van der Waals surface area contributed by atoms with Crippen LogP contribution in [0.1, 0.15) is 0 Å². The molecular weight excluding hydrogens is 340 g/mol. The van der Waals surface area contributed by atoms with E-state index in [1.807, 2.05) is 59.2 Å². The lowest BCUT2D eigenvalue weighted by atomic mass is 10.1. The SMILES string of the molecule is NC(=O)C[n+]1c(N)n(CCOc2cccc3ccccc23)c2ccccc21. The van der Waals surface area contributed by atoms with Crippen LogP contribution in [0.4, 0.5) is 5.95 Å². The Morgan fingerprint density at radius 3 is 2.59 bits per heavy atom. The number of amides is 1. The van der Waals surface area contributed by atoms with E-state index in [0.717, 1.165) is 27.6 Å². The minimum absolute atomic E-state index is 0.0452. The second-order valence-corrected chi connectivity index (χ2v) is 6.38. The van der Waals surface area contributed by atoms with E-state index in [0.29, 0.717) is 19.1 Å². The summed E-state index contributed by atoms with van der Waals surface area (Å²) < 4.78 is 9.72. The third-order valence-electron chi connectivity index (χ3n) is 4.65. The number of carbonyl (C=O) groups is 1. The Labute approximate surface area is 156 Å². The molecule has 1 aromatic heterocycles. The Kier molecular flexibility index (Phi) is 4.38. The van der Waals surface area contributed by atoms with Crippen molar-refractivity contribution in [2.24, 2.45) is 5.73 Å². The molecular formula is C21H21N4O2+. The first-order valence-electron chi connectivity index (χ1n) is 8.80. The molecule has 27 heavy (non-hydrogen) atoms. The number of rotatable bonds is 6. The van der Waals surface area contributed by atoms with Crippen LogP contribution >= 0.6 is 0 Å². The topological polar surface area (TPSA) is 87.2 Å². The number of carbonyl (C=O) groups excluding carboxylic acids is 1. The Hall–Kier alpha value is -3.54. The normalized spacial score (nSPS) is 11.1. The molecule has 6 nitrogen and oxygen atoms in total. The number of imidazole rings is 1. The zero-order valence-electron chi connectivity index (χ0n) is 14.8. The van der Waals surface area contributed by atoms with Crippen molar-refractivity contribution in [3.05, 3.63) is 66.7 Å². The van der Waals surface area contributed by atoms with E-state index in [9.17, 15) is 4.79 Å². The number of nitrogen functional groups attached to an aromatic ring is 1. The van der Waals surface area contributed by atoms with Crippen LogP contribution in [-0.2, 0) is 17.9 Å². The lowest BCUT2D eigenvalue weighted by Gasteiger charge is -2.09. The highest BCUT2D eigenvalue weighted by Crippen LogP contribution is 2.25. The van der Waals surface area contributed by atoms with Crippen molar-refractivity contribution in [1.82, 2.24) is 4.57 Å². The average Bonchev–Trinajstić information content (AvgIpc) is 2.94. The summed E-state index contributed by atoms with van der Waals surface area (Å²) in [7, 11) is 0. The maximum Gasteiger partial charge on any atom is 0.356 e. The van der Waals surface area contributed by atoms with E-state index >= 15 is 0 Å². The number of hydrogen-bond acceptors (Lipinski definition) is 3. The largest absolute Gasteiger partial charge is 0.490 e. The maximum atomic E-state index is 11.4. The minimum Gasteiger partial charge on any atom is -0.490 e. The molecule has 0 saturated heterocycles. The lowest BCUT2D eigenvalue weighted by molar-refractivity contribution is -0.644. The summed E-state index contributed by atoms with van der Waals surface area (Å²) in [5, 5.41) is 2.22. The highest BCUT2D eigenvalue weighted by atomic mass is 16.5. The lowest BCUT2D eigenvalue weighted by Crippen LogP contribution is -2.42. The molecule has 3 aromatic carbocycles. The number of primary amides is 1. The fourth-order valence-electron chi connectivity index (χ4n) is 3.44. The summed E-state index contributed by atoms with van der Waals surface area (Å²) in [6.07, 6.45) is 0. The van der Waals surface area contributed by atoms with Crippen molar-refractivity contribution in [3.8, 4) is 5.75 Å². The number of hydrogen-bond donors (Lipinski definition) is 2. The monoisotopic (exact) mass is 361 g/mol. The van der Waals surface area contributed by atoms with E-state index in [-0.39, 0.29) is 6.54 Å². The number of para-hydroxylation sites is 2. The Morgan fingerprint density at radius 1 is 1.00 bits per heavy atom. The van der Waals surface area contributed by atoms with Crippen LogP contribution in [0.5, 0.6) is 5.75 Å². The zero-order chi connectivity index (χ0) is 18.8. The molecule has 0 fully saturated rings. The van der Waals surface area contributed by atoms with Gasteiger partial charge in [0, 0.05) is 5.39 Å². The summed E-state index contributed by atoms with van der Waals surface area (Å²) in [5.41, 5.74) is 13.5. The zero-order valence-corrected chi connectivity index (χ0v) is 14.8. The predicted octanol–water partition coefficient (Wildman–Crippen LogP) is 2.23. The molecule has 0 unspecified atom stereocenters. The molecule has 4 N–H and O–H groups in total. The molecule has 0 atom stereocenters. The number of ether oxygens (including phenoxy) is 1. The number of anilines is 1. The van der Waals surface area contributed by atoms with Gasteiger partial charge < -0.3 is 10.5 Å². The van der Waals surface area contributed by atoms with Gasteiger partial charge in [-0.05, 0) is 23.6 Å². The first kappa shape index (κ1) is 16.9. The molecule has 0 aliphatic rings. The molecule has 0 bridgehead atoms. The van der Waals surface area contributed by atoms with Gasteiger partial charge in [0.2, 0.25) is 0 Å². The van der Waals surface area contributed by atoms with Gasteiger partial charge in [0.1, 0.15) is 29.9 Å². The highest BCUT2D eigenvalue weighted by Gasteiger charge is 2.21. The van der Waals surface area contributed by atoms with Gasteiger partial charge in [-0.25, -0.2) is 9.13 Å². The molecule has 0 aliphatic carbocycles. The van der Waals surface area contributed by atoms with Crippen molar-refractivity contribution in [2.45, 2.75) is 13.1 Å². The Morgan fingerprint density at radius 2 is 1.74 bits per heavy atom. The van der Waals surface area contributed by atoms with Gasteiger partial charge in [0.15, 0.2) is 6.54 Å². The molecule has 0 saturated carbocycles. The summed E-state index contributed by atoms with van der Waals surface area (Å²) >= 11 is 0.